The van der Waals surface area contributed by atoms with Crippen molar-refractivity contribution >= 4 is 0 Å². The first-order valence-corrected chi connectivity index (χ1v) is 6.75. The third-order valence-corrected chi connectivity index (χ3v) is 3.75. The summed E-state index contributed by atoms with van der Waals surface area (Å²) in [6.45, 7) is -2.15. The second kappa shape index (κ2) is 10.7. The molecule has 110 valence electrons. The summed E-state index contributed by atoms with van der Waals surface area (Å²) in [6, 6.07) is 0. The van der Waals surface area contributed by atoms with Crippen molar-refractivity contribution in [3.8, 4) is 0 Å². The molecule has 1 fully saturated rings. The molecule has 0 heterocycles. The lowest BCUT2D eigenvalue weighted by Gasteiger charge is -2.33. The van der Waals surface area contributed by atoms with Gasteiger partial charge in [0.2, 0.25) is 0 Å². The lowest BCUT2D eigenvalue weighted by Crippen LogP contribution is -2.44. The summed E-state index contributed by atoms with van der Waals surface area (Å²) in [5, 5.41) is 44.1. The maximum atomic E-state index is 8.87. The summed E-state index contributed by atoms with van der Waals surface area (Å²) in [7, 11) is 0. The second-order valence-corrected chi connectivity index (χ2v) is 5.02. The van der Waals surface area contributed by atoms with Gasteiger partial charge in [-0.2, -0.15) is 0 Å². The predicted molar refractivity (Wildman–Crippen MR) is 69.1 cm³/mol. The Kier molecular flexibility index (Phi) is 10.6. The lowest BCUT2D eigenvalue weighted by atomic mass is 9.78. The molecule has 0 aromatic heterocycles. The van der Waals surface area contributed by atoms with Crippen LogP contribution < -0.4 is 0 Å². The molecule has 0 aromatic carbocycles. The molecule has 1 saturated carbocycles. The van der Waals surface area contributed by atoms with Crippen LogP contribution in [0.2, 0.25) is 0 Å². The molecular formula is C13H28O5. The lowest BCUT2D eigenvalue weighted by molar-refractivity contribution is -0.0710. The maximum absolute atomic E-state index is 8.87. The second-order valence-electron chi connectivity index (χ2n) is 5.02. The predicted octanol–water partition coefficient (Wildman–Crippen LogP) is -0.109. The summed E-state index contributed by atoms with van der Waals surface area (Å²) < 4.78 is 0. The Hall–Kier alpha value is -0.200. The molecule has 0 bridgehead atoms. The van der Waals surface area contributed by atoms with Crippen molar-refractivity contribution in [2.45, 2.75) is 38.5 Å². The van der Waals surface area contributed by atoms with E-state index in [2.05, 4.69) is 0 Å². The highest BCUT2D eigenvalue weighted by molar-refractivity contribution is 4.84. The normalized spacial score (nSPS) is 16.3. The fourth-order valence-electron chi connectivity index (χ4n) is 2.04. The van der Waals surface area contributed by atoms with Crippen LogP contribution in [0.15, 0.2) is 0 Å². The molecule has 0 saturated heterocycles. The largest absolute Gasteiger partial charge is 0.396 e. The van der Waals surface area contributed by atoms with Crippen LogP contribution in [-0.2, 0) is 0 Å². The summed E-state index contributed by atoms with van der Waals surface area (Å²) in [5.74, 6) is -0.697. The molecule has 5 N–H and O–H groups in total. The Bertz CT molecular complexity index is 154. The minimum absolute atomic E-state index is 0.377. The van der Waals surface area contributed by atoms with Crippen LogP contribution in [0.3, 0.4) is 0 Å². The van der Waals surface area contributed by atoms with E-state index in [-0.39, 0.29) is 13.2 Å². The van der Waals surface area contributed by atoms with E-state index in [1.54, 1.807) is 0 Å². The van der Waals surface area contributed by atoms with Crippen LogP contribution in [0.4, 0.5) is 0 Å². The standard InChI is InChI=1S/C7H16O5.C6H12/c8-1-6(2-9)7(3-10,4-11)5-12;1-2-4-6-5-3-1/h6,8-12H,1-5H2;1-6H2. The monoisotopic (exact) mass is 264 g/mol. The zero-order valence-corrected chi connectivity index (χ0v) is 11.1. The van der Waals surface area contributed by atoms with Crippen molar-refractivity contribution in [1.29, 1.82) is 0 Å². The average molecular weight is 264 g/mol. The van der Waals surface area contributed by atoms with Crippen LogP contribution in [0.1, 0.15) is 38.5 Å². The number of aliphatic hydroxyl groups is 5. The third kappa shape index (κ3) is 5.63. The summed E-state index contributed by atoms with van der Waals surface area (Å²) in [5.41, 5.74) is -1.19. The molecule has 1 rings (SSSR count). The van der Waals surface area contributed by atoms with E-state index < -0.39 is 31.2 Å². The van der Waals surface area contributed by atoms with Crippen molar-refractivity contribution in [3.05, 3.63) is 0 Å². The highest BCUT2D eigenvalue weighted by Crippen LogP contribution is 2.25. The molecule has 0 unspecified atom stereocenters. The summed E-state index contributed by atoms with van der Waals surface area (Å²) in [4.78, 5) is 0. The maximum Gasteiger partial charge on any atom is 0.0536 e. The van der Waals surface area contributed by atoms with E-state index in [0.29, 0.717) is 0 Å². The minimum atomic E-state index is -1.19. The number of hydrogen-bond acceptors (Lipinski definition) is 5. The molecule has 0 amide bonds. The van der Waals surface area contributed by atoms with E-state index in [0.717, 1.165) is 0 Å². The minimum Gasteiger partial charge on any atom is -0.396 e. The van der Waals surface area contributed by atoms with Gasteiger partial charge in [0.25, 0.3) is 0 Å². The van der Waals surface area contributed by atoms with Crippen LogP contribution in [-0.4, -0.2) is 58.6 Å². The smallest absolute Gasteiger partial charge is 0.0536 e. The number of aliphatic hydroxyl groups excluding tert-OH is 5. The first-order valence-electron chi connectivity index (χ1n) is 6.75. The topological polar surface area (TPSA) is 101 Å². The van der Waals surface area contributed by atoms with Crippen molar-refractivity contribution < 1.29 is 25.5 Å². The van der Waals surface area contributed by atoms with Gasteiger partial charge in [-0.15, -0.1) is 0 Å². The van der Waals surface area contributed by atoms with Gasteiger partial charge in [-0.25, -0.2) is 0 Å². The van der Waals surface area contributed by atoms with Gasteiger partial charge in [-0.3, -0.25) is 0 Å². The van der Waals surface area contributed by atoms with E-state index in [9.17, 15) is 0 Å². The number of hydrogen-bond donors (Lipinski definition) is 5. The molecule has 1 aliphatic rings. The molecule has 0 aliphatic heterocycles. The first kappa shape index (κ1) is 17.8. The number of rotatable bonds is 6. The quantitative estimate of drug-likeness (QED) is 0.461. The highest BCUT2D eigenvalue weighted by atomic mass is 16.3. The van der Waals surface area contributed by atoms with Crippen molar-refractivity contribution in [3.63, 3.8) is 0 Å². The van der Waals surface area contributed by atoms with Gasteiger partial charge in [0.1, 0.15) is 0 Å². The van der Waals surface area contributed by atoms with Gasteiger partial charge in [0.15, 0.2) is 0 Å². The van der Waals surface area contributed by atoms with Crippen LogP contribution >= 0.6 is 0 Å². The Morgan fingerprint density at radius 1 is 0.611 bits per heavy atom. The van der Waals surface area contributed by atoms with Gasteiger partial charge >= 0.3 is 0 Å². The molecule has 0 aromatic rings. The van der Waals surface area contributed by atoms with Gasteiger partial charge in [0.05, 0.1) is 19.8 Å². The zero-order valence-electron chi connectivity index (χ0n) is 11.1. The van der Waals surface area contributed by atoms with Gasteiger partial charge in [-0.05, 0) is 0 Å². The van der Waals surface area contributed by atoms with Crippen molar-refractivity contribution in [2.75, 3.05) is 33.0 Å². The molecule has 18 heavy (non-hydrogen) atoms. The fraction of sp³-hybridized carbons (Fsp3) is 1.00. The van der Waals surface area contributed by atoms with Crippen LogP contribution in [0, 0.1) is 11.3 Å². The fourth-order valence-corrected chi connectivity index (χ4v) is 2.04. The van der Waals surface area contributed by atoms with Crippen molar-refractivity contribution in [2.24, 2.45) is 11.3 Å². The molecule has 0 radical (unpaired) electrons. The van der Waals surface area contributed by atoms with Gasteiger partial charge < -0.3 is 25.5 Å². The molecule has 5 nitrogen and oxygen atoms in total. The third-order valence-electron chi connectivity index (χ3n) is 3.75. The zero-order chi connectivity index (χ0) is 13.9. The molecular weight excluding hydrogens is 236 g/mol. The average Bonchev–Trinajstić information content (AvgIpc) is 2.47. The summed E-state index contributed by atoms with van der Waals surface area (Å²) in [6.07, 6.45) is 9.00. The van der Waals surface area contributed by atoms with Crippen molar-refractivity contribution in [1.82, 2.24) is 0 Å². The van der Waals surface area contributed by atoms with Crippen LogP contribution in [0.25, 0.3) is 0 Å². The Labute approximate surface area is 109 Å². The summed E-state index contributed by atoms with van der Waals surface area (Å²) >= 11 is 0. The molecule has 0 spiro atoms. The van der Waals surface area contributed by atoms with E-state index in [4.69, 9.17) is 25.5 Å². The van der Waals surface area contributed by atoms with E-state index >= 15 is 0 Å². The van der Waals surface area contributed by atoms with Gasteiger partial charge in [-0.1, -0.05) is 38.5 Å². The molecule has 5 heteroatoms. The van der Waals surface area contributed by atoms with Crippen LogP contribution in [0.5, 0.6) is 0 Å². The Morgan fingerprint density at radius 3 is 1.00 bits per heavy atom. The highest BCUT2D eigenvalue weighted by Gasteiger charge is 2.36. The Morgan fingerprint density at radius 2 is 0.889 bits per heavy atom. The van der Waals surface area contributed by atoms with E-state index in [1.165, 1.54) is 38.5 Å². The molecule has 0 atom stereocenters. The molecule has 1 aliphatic carbocycles. The SMILES string of the molecule is C1CCCCC1.OCC(CO)C(CO)(CO)CO. The Balaban J connectivity index is 0.000000397. The van der Waals surface area contributed by atoms with Gasteiger partial charge in [0, 0.05) is 24.5 Å². The van der Waals surface area contributed by atoms with E-state index in [1.807, 2.05) is 0 Å². The first-order chi connectivity index (χ1) is 8.70.